The van der Waals surface area contributed by atoms with Gasteiger partial charge in [0.05, 0.1) is 12.4 Å². The Morgan fingerprint density at radius 3 is 1.75 bits per heavy atom. The van der Waals surface area contributed by atoms with Crippen molar-refractivity contribution in [2.24, 2.45) is 0 Å². The van der Waals surface area contributed by atoms with E-state index < -0.39 is 19.1 Å². The summed E-state index contributed by atoms with van der Waals surface area (Å²) in [5.41, 5.74) is 0. The van der Waals surface area contributed by atoms with Gasteiger partial charge < -0.3 is 0 Å². The van der Waals surface area contributed by atoms with Crippen molar-refractivity contribution in [3.63, 3.8) is 0 Å². The number of hydrogen-bond donors (Lipinski definition) is 0. The average Bonchev–Trinajstić information content (AvgIpc) is 2.17. The standard InChI is InChI=1S/C2H2N2O.2O.Ti/c1-2-4-5-3-1;;;/h1-2H;;;. The molecular weight excluding hydrogens is 148 g/mol. The van der Waals surface area contributed by atoms with Crippen molar-refractivity contribution in [3.8, 4) is 0 Å². The van der Waals surface area contributed by atoms with E-state index in [-0.39, 0.29) is 0 Å². The summed E-state index contributed by atoms with van der Waals surface area (Å²) in [6.45, 7) is 0. The van der Waals surface area contributed by atoms with Crippen molar-refractivity contribution in [1.82, 2.24) is 10.3 Å². The predicted molar refractivity (Wildman–Crippen MR) is 15.7 cm³/mol. The summed E-state index contributed by atoms with van der Waals surface area (Å²) in [4.78, 5) is 0. The van der Waals surface area contributed by atoms with Gasteiger partial charge in [-0.3, -0.25) is 0 Å². The van der Waals surface area contributed by atoms with Crippen LogP contribution in [0.25, 0.3) is 0 Å². The molecule has 0 unspecified atom stereocenters. The molecule has 0 bridgehead atoms. The minimum atomic E-state index is -2.00. The Labute approximate surface area is 53.6 Å². The molecule has 0 aliphatic carbocycles. The first-order chi connectivity index (χ1) is 3.91. The maximum Gasteiger partial charge on any atom is 0.0913 e. The molecule has 0 aliphatic heterocycles. The van der Waals surface area contributed by atoms with E-state index in [1.807, 2.05) is 0 Å². The Kier molecular flexibility index (Phi) is 6.01. The van der Waals surface area contributed by atoms with Crippen LogP contribution < -0.4 is 0 Å². The maximum absolute atomic E-state index is 8.50. The van der Waals surface area contributed by atoms with Crippen LogP contribution in [-0.2, 0) is 25.7 Å². The predicted octanol–water partition coefficient (Wildman–Crippen LogP) is -0.171. The molecule has 1 aromatic heterocycles. The van der Waals surface area contributed by atoms with Crippen LogP contribution in [0.4, 0.5) is 0 Å². The second-order valence-corrected chi connectivity index (χ2v) is 0.934. The van der Waals surface area contributed by atoms with E-state index in [0.717, 1.165) is 0 Å². The molecule has 0 radical (unpaired) electrons. The molecule has 0 aliphatic rings. The van der Waals surface area contributed by atoms with Gasteiger partial charge in [-0.05, 0) is 0 Å². The Hall–Kier alpha value is -0.546. The van der Waals surface area contributed by atoms with Gasteiger partial charge in [-0.2, -0.15) is 0 Å². The van der Waals surface area contributed by atoms with E-state index in [4.69, 9.17) is 6.65 Å². The number of rotatable bonds is 0. The van der Waals surface area contributed by atoms with Gasteiger partial charge in [-0.25, -0.2) is 4.63 Å². The molecule has 0 aromatic carbocycles. The van der Waals surface area contributed by atoms with Crippen LogP contribution in [-0.4, -0.2) is 10.3 Å². The van der Waals surface area contributed by atoms with Gasteiger partial charge in [0.15, 0.2) is 0 Å². The molecule has 6 heteroatoms. The van der Waals surface area contributed by atoms with Crippen molar-refractivity contribution >= 4 is 0 Å². The Morgan fingerprint density at radius 1 is 1.25 bits per heavy atom. The molecular formula is C2H2N2O3Ti. The Balaban J connectivity index is 0.000000145. The summed E-state index contributed by atoms with van der Waals surface area (Å²) < 4.78 is 21.1. The second kappa shape index (κ2) is 6.45. The summed E-state index contributed by atoms with van der Waals surface area (Å²) >= 11 is -2.00. The average molecular weight is 150 g/mol. The zero-order valence-corrected chi connectivity index (χ0v) is 5.34. The van der Waals surface area contributed by atoms with Gasteiger partial charge in [0.1, 0.15) is 0 Å². The first-order valence-corrected chi connectivity index (χ1v) is 2.90. The smallest absolute Gasteiger partial charge is 0.0913 e. The molecule has 8 heavy (non-hydrogen) atoms. The summed E-state index contributed by atoms with van der Waals surface area (Å²) in [7, 11) is 0. The van der Waals surface area contributed by atoms with Crippen LogP contribution in [0.15, 0.2) is 17.0 Å². The van der Waals surface area contributed by atoms with E-state index in [2.05, 4.69) is 14.9 Å². The van der Waals surface area contributed by atoms with Gasteiger partial charge in [-0.15, -0.1) is 0 Å². The molecule has 1 heterocycles. The molecule has 0 amide bonds. The molecule has 0 spiro atoms. The first kappa shape index (κ1) is 7.45. The van der Waals surface area contributed by atoms with Gasteiger partial charge in [0.25, 0.3) is 0 Å². The fourth-order valence-corrected chi connectivity index (χ4v) is 0.136. The Morgan fingerprint density at radius 2 is 1.62 bits per heavy atom. The largest absolute Gasteiger partial charge is 0.245 e. The summed E-state index contributed by atoms with van der Waals surface area (Å²) in [6, 6.07) is 0. The van der Waals surface area contributed by atoms with Crippen LogP contribution in [0.1, 0.15) is 0 Å². The van der Waals surface area contributed by atoms with Crippen LogP contribution in [0.5, 0.6) is 0 Å². The van der Waals surface area contributed by atoms with E-state index >= 15 is 0 Å². The summed E-state index contributed by atoms with van der Waals surface area (Å²) in [6.07, 6.45) is 2.94. The molecule has 42 valence electrons. The minimum Gasteiger partial charge on any atom is -0.245 e. The normalized spacial score (nSPS) is 6.00. The fraction of sp³-hybridized carbons (Fsp3) is 0. The zero-order chi connectivity index (χ0) is 6.24. The molecule has 0 fully saturated rings. The van der Waals surface area contributed by atoms with E-state index in [1.165, 1.54) is 12.4 Å². The molecule has 0 N–H and O–H groups in total. The van der Waals surface area contributed by atoms with Crippen LogP contribution in [0.3, 0.4) is 0 Å². The van der Waals surface area contributed by atoms with E-state index in [0.29, 0.717) is 0 Å². The zero-order valence-electron chi connectivity index (χ0n) is 3.77. The molecule has 0 atom stereocenters. The van der Waals surface area contributed by atoms with Gasteiger partial charge in [0.2, 0.25) is 0 Å². The number of aromatic nitrogens is 2. The van der Waals surface area contributed by atoms with Gasteiger partial charge in [0, 0.05) is 0 Å². The second-order valence-electron chi connectivity index (χ2n) is 0.674. The molecule has 1 aromatic rings. The number of hydrogen-bond acceptors (Lipinski definition) is 5. The van der Waals surface area contributed by atoms with Crippen LogP contribution in [0, 0.1) is 0 Å². The maximum atomic E-state index is 8.50. The van der Waals surface area contributed by atoms with Crippen LogP contribution >= 0.6 is 0 Å². The van der Waals surface area contributed by atoms with Gasteiger partial charge in [-0.1, -0.05) is 10.3 Å². The molecule has 5 nitrogen and oxygen atoms in total. The van der Waals surface area contributed by atoms with Crippen molar-refractivity contribution in [1.29, 1.82) is 0 Å². The fourth-order valence-electron chi connectivity index (χ4n) is 0.136. The molecule has 0 saturated heterocycles. The van der Waals surface area contributed by atoms with Crippen molar-refractivity contribution in [2.45, 2.75) is 0 Å². The van der Waals surface area contributed by atoms with Gasteiger partial charge >= 0.3 is 25.7 Å². The SMILES string of the molecule is [O]=[Ti]=[O].c1cnon1. The van der Waals surface area contributed by atoms with Crippen molar-refractivity contribution in [3.05, 3.63) is 12.4 Å². The molecule has 1 rings (SSSR count). The monoisotopic (exact) mass is 150 g/mol. The third-order valence-electron chi connectivity index (χ3n) is 0.283. The minimum absolute atomic E-state index is 1.47. The Bertz CT molecular complexity index is 127. The third-order valence-corrected chi connectivity index (χ3v) is 0.283. The molecule has 0 saturated carbocycles. The van der Waals surface area contributed by atoms with Crippen molar-refractivity contribution < 1.29 is 30.4 Å². The van der Waals surface area contributed by atoms with E-state index in [1.54, 1.807) is 0 Å². The quantitative estimate of drug-likeness (QED) is 0.480. The van der Waals surface area contributed by atoms with E-state index in [9.17, 15) is 0 Å². The first-order valence-electron chi connectivity index (χ1n) is 1.62. The summed E-state index contributed by atoms with van der Waals surface area (Å²) in [5, 5.41) is 6.47. The summed E-state index contributed by atoms with van der Waals surface area (Å²) in [5.74, 6) is 0. The van der Waals surface area contributed by atoms with Crippen molar-refractivity contribution in [2.75, 3.05) is 0 Å². The number of nitrogens with zero attached hydrogens (tertiary/aromatic N) is 2. The third kappa shape index (κ3) is 5.45. The topological polar surface area (TPSA) is 73.1 Å². The van der Waals surface area contributed by atoms with Crippen LogP contribution in [0.2, 0.25) is 0 Å².